The molecule has 0 aliphatic heterocycles. The number of rotatable bonds is 2. The fraction of sp³-hybridized carbons (Fsp3) is 0.0769. The van der Waals surface area contributed by atoms with E-state index in [0.29, 0.717) is 5.56 Å². The molecule has 0 saturated heterocycles. The normalized spacial score (nSPS) is 12.5. The maximum atomic E-state index is 13.0. The minimum absolute atomic E-state index is 0.0918. The number of halogens is 3. The van der Waals surface area contributed by atoms with Gasteiger partial charge in [0.1, 0.15) is 23.6 Å². The summed E-state index contributed by atoms with van der Waals surface area (Å²) in [6.45, 7) is 0. The van der Waals surface area contributed by atoms with Crippen LogP contribution in [-0.4, -0.2) is 5.11 Å². The van der Waals surface area contributed by atoms with Crippen molar-refractivity contribution in [2.45, 2.75) is 6.10 Å². The van der Waals surface area contributed by atoms with Gasteiger partial charge in [-0.25, -0.2) is 13.2 Å². The Balaban J connectivity index is 2.36. The number of aliphatic hydroxyl groups is 1. The summed E-state index contributed by atoms with van der Waals surface area (Å²) in [6.07, 6.45) is -1.18. The van der Waals surface area contributed by atoms with E-state index in [1.165, 1.54) is 24.3 Å². The van der Waals surface area contributed by atoms with Crippen LogP contribution in [0.5, 0.6) is 0 Å². The van der Waals surface area contributed by atoms with Gasteiger partial charge in [0.2, 0.25) is 0 Å². The Labute approximate surface area is 96.1 Å². The molecule has 2 aromatic carbocycles. The van der Waals surface area contributed by atoms with Crippen molar-refractivity contribution >= 4 is 0 Å². The van der Waals surface area contributed by atoms with Crippen molar-refractivity contribution in [3.63, 3.8) is 0 Å². The van der Waals surface area contributed by atoms with E-state index in [-0.39, 0.29) is 5.56 Å². The van der Waals surface area contributed by atoms with E-state index in [9.17, 15) is 18.3 Å². The maximum Gasteiger partial charge on any atom is 0.126 e. The maximum absolute atomic E-state index is 13.0. The Hall–Kier alpha value is -1.81. The monoisotopic (exact) mass is 238 g/mol. The number of hydrogen-bond donors (Lipinski definition) is 1. The average molecular weight is 238 g/mol. The van der Waals surface area contributed by atoms with Gasteiger partial charge in [-0.05, 0) is 35.4 Å². The van der Waals surface area contributed by atoms with E-state index in [1.807, 2.05) is 0 Å². The molecular weight excluding hydrogens is 229 g/mol. The van der Waals surface area contributed by atoms with Crippen LogP contribution < -0.4 is 0 Å². The minimum atomic E-state index is -1.18. The second-order valence-electron chi connectivity index (χ2n) is 3.66. The lowest BCUT2D eigenvalue weighted by Crippen LogP contribution is -2.01. The molecule has 88 valence electrons. The summed E-state index contributed by atoms with van der Waals surface area (Å²) < 4.78 is 38.6. The molecule has 0 amide bonds. The van der Waals surface area contributed by atoms with Crippen molar-refractivity contribution in [3.8, 4) is 0 Å². The van der Waals surface area contributed by atoms with Crippen LogP contribution in [0.2, 0.25) is 0 Å². The molecule has 0 spiro atoms. The van der Waals surface area contributed by atoms with E-state index in [0.717, 1.165) is 18.2 Å². The molecule has 0 saturated carbocycles. The molecular formula is C13H9F3O. The van der Waals surface area contributed by atoms with Crippen molar-refractivity contribution < 1.29 is 18.3 Å². The Morgan fingerprint density at radius 2 is 1.24 bits per heavy atom. The van der Waals surface area contributed by atoms with Crippen LogP contribution in [-0.2, 0) is 0 Å². The van der Waals surface area contributed by atoms with Gasteiger partial charge < -0.3 is 5.11 Å². The van der Waals surface area contributed by atoms with Crippen LogP contribution >= 0.6 is 0 Å². The number of aliphatic hydroxyl groups excluding tert-OH is 1. The van der Waals surface area contributed by atoms with E-state index < -0.39 is 23.6 Å². The van der Waals surface area contributed by atoms with E-state index >= 15 is 0 Å². The standard InChI is InChI=1S/C13H9F3O/c14-10-3-1-8(2-4-10)13(17)9-5-11(15)7-12(16)6-9/h1-7,13,17H/t13-/m0/s1. The van der Waals surface area contributed by atoms with Gasteiger partial charge in [0.25, 0.3) is 0 Å². The molecule has 0 aromatic heterocycles. The van der Waals surface area contributed by atoms with Crippen molar-refractivity contribution in [1.82, 2.24) is 0 Å². The van der Waals surface area contributed by atoms with Gasteiger partial charge >= 0.3 is 0 Å². The molecule has 17 heavy (non-hydrogen) atoms. The SMILES string of the molecule is O[C@@H](c1ccc(F)cc1)c1cc(F)cc(F)c1. The summed E-state index contributed by atoms with van der Waals surface area (Å²) in [5.74, 6) is -1.96. The summed E-state index contributed by atoms with van der Waals surface area (Å²) >= 11 is 0. The molecule has 0 fully saturated rings. The zero-order chi connectivity index (χ0) is 12.4. The molecule has 2 aromatic rings. The van der Waals surface area contributed by atoms with Crippen molar-refractivity contribution in [2.75, 3.05) is 0 Å². The Morgan fingerprint density at radius 1 is 0.706 bits per heavy atom. The molecule has 0 aliphatic rings. The average Bonchev–Trinajstić information content (AvgIpc) is 2.28. The van der Waals surface area contributed by atoms with Gasteiger partial charge in [-0.2, -0.15) is 0 Å². The largest absolute Gasteiger partial charge is 0.384 e. The molecule has 1 nitrogen and oxygen atoms in total. The molecule has 1 atom stereocenters. The third-order valence-electron chi connectivity index (χ3n) is 2.39. The minimum Gasteiger partial charge on any atom is -0.384 e. The van der Waals surface area contributed by atoms with Crippen molar-refractivity contribution in [2.24, 2.45) is 0 Å². The first kappa shape index (κ1) is 11.7. The summed E-state index contributed by atoms with van der Waals surface area (Å²) in [5, 5.41) is 9.88. The van der Waals surface area contributed by atoms with Crippen LogP contribution in [0.15, 0.2) is 42.5 Å². The highest BCUT2D eigenvalue weighted by Gasteiger charge is 2.12. The fourth-order valence-corrected chi connectivity index (χ4v) is 1.57. The van der Waals surface area contributed by atoms with E-state index in [4.69, 9.17) is 0 Å². The molecule has 1 N–H and O–H groups in total. The van der Waals surface area contributed by atoms with Crippen LogP contribution in [0.25, 0.3) is 0 Å². The van der Waals surface area contributed by atoms with Gasteiger partial charge in [0, 0.05) is 6.07 Å². The summed E-state index contributed by atoms with van der Waals surface area (Å²) in [4.78, 5) is 0. The highest BCUT2D eigenvalue weighted by atomic mass is 19.1. The number of hydrogen-bond acceptors (Lipinski definition) is 1. The predicted molar refractivity (Wildman–Crippen MR) is 56.8 cm³/mol. The number of benzene rings is 2. The lowest BCUT2D eigenvalue weighted by molar-refractivity contribution is 0.219. The van der Waals surface area contributed by atoms with Crippen molar-refractivity contribution in [1.29, 1.82) is 0 Å². The topological polar surface area (TPSA) is 20.2 Å². The second-order valence-corrected chi connectivity index (χ2v) is 3.66. The predicted octanol–water partition coefficient (Wildman–Crippen LogP) is 3.19. The molecule has 0 aliphatic carbocycles. The van der Waals surface area contributed by atoms with Gasteiger partial charge in [-0.3, -0.25) is 0 Å². The Kier molecular flexibility index (Phi) is 3.15. The first-order valence-electron chi connectivity index (χ1n) is 4.96. The van der Waals surface area contributed by atoms with Crippen LogP contribution in [0.1, 0.15) is 17.2 Å². The van der Waals surface area contributed by atoms with Crippen molar-refractivity contribution in [3.05, 3.63) is 71.0 Å². The fourth-order valence-electron chi connectivity index (χ4n) is 1.57. The highest BCUT2D eigenvalue weighted by molar-refractivity contribution is 5.30. The smallest absolute Gasteiger partial charge is 0.126 e. The van der Waals surface area contributed by atoms with Crippen LogP contribution in [0, 0.1) is 17.5 Å². The summed E-state index contributed by atoms with van der Waals surface area (Å²) in [5.41, 5.74) is 0.463. The van der Waals surface area contributed by atoms with E-state index in [2.05, 4.69) is 0 Å². The molecule has 0 bridgehead atoms. The first-order valence-corrected chi connectivity index (χ1v) is 4.96. The molecule has 2 rings (SSSR count). The lowest BCUT2D eigenvalue weighted by atomic mass is 10.0. The van der Waals surface area contributed by atoms with Gasteiger partial charge in [0.15, 0.2) is 0 Å². The zero-order valence-electron chi connectivity index (χ0n) is 8.70. The van der Waals surface area contributed by atoms with Gasteiger partial charge in [-0.15, -0.1) is 0 Å². The summed E-state index contributed by atoms with van der Waals surface area (Å²) in [6, 6.07) is 7.88. The van der Waals surface area contributed by atoms with Crippen LogP contribution in [0.3, 0.4) is 0 Å². The first-order chi connectivity index (χ1) is 8.06. The van der Waals surface area contributed by atoms with E-state index in [1.54, 1.807) is 0 Å². The Morgan fingerprint density at radius 3 is 1.76 bits per heavy atom. The molecule has 0 radical (unpaired) electrons. The zero-order valence-corrected chi connectivity index (χ0v) is 8.70. The molecule has 0 unspecified atom stereocenters. The lowest BCUT2D eigenvalue weighted by Gasteiger charge is -2.11. The molecule has 4 heteroatoms. The third kappa shape index (κ3) is 2.65. The quantitative estimate of drug-likeness (QED) is 0.851. The Bertz CT molecular complexity index is 502. The third-order valence-corrected chi connectivity index (χ3v) is 2.39. The summed E-state index contributed by atoms with van der Waals surface area (Å²) in [7, 11) is 0. The van der Waals surface area contributed by atoms with Gasteiger partial charge in [-0.1, -0.05) is 12.1 Å². The second kappa shape index (κ2) is 4.59. The highest BCUT2D eigenvalue weighted by Crippen LogP contribution is 2.23. The van der Waals surface area contributed by atoms with Crippen LogP contribution in [0.4, 0.5) is 13.2 Å². The molecule has 0 heterocycles. The van der Waals surface area contributed by atoms with Gasteiger partial charge in [0.05, 0.1) is 0 Å².